The summed E-state index contributed by atoms with van der Waals surface area (Å²) < 4.78 is 37.4. The van der Waals surface area contributed by atoms with Crippen LogP contribution in [0.5, 0.6) is 0 Å². The van der Waals surface area contributed by atoms with E-state index in [1.54, 1.807) is 6.92 Å². The largest absolute Gasteiger partial charge is 0.418 e. The maximum Gasteiger partial charge on any atom is 0.418 e. The molecule has 0 aliphatic carbocycles. The average Bonchev–Trinajstić information content (AvgIpc) is 2.15. The number of nitro benzene ring substituents is 1. The molecule has 94 valence electrons. The maximum absolute atomic E-state index is 12.5. The van der Waals surface area contributed by atoms with Crippen molar-refractivity contribution >= 4 is 23.0 Å². The van der Waals surface area contributed by atoms with Crippen molar-refractivity contribution < 1.29 is 18.1 Å². The van der Waals surface area contributed by atoms with E-state index < -0.39 is 27.4 Å². The van der Waals surface area contributed by atoms with Crippen molar-refractivity contribution in [2.45, 2.75) is 13.1 Å². The summed E-state index contributed by atoms with van der Waals surface area (Å²) in [6.07, 6.45) is -4.72. The normalized spacial score (nSPS) is 11.4. The third kappa shape index (κ3) is 3.00. The second kappa shape index (κ2) is 4.79. The van der Waals surface area contributed by atoms with Crippen molar-refractivity contribution in [3.8, 4) is 0 Å². The first kappa shape index (κ1) is 13.6. The van der Waals surface area contributed by atoms with Crippen LogP contribution in [0.2, 0.25) is 5.02 Å². The van der Waals surface area contributed by atoms with Gasteiger partial charge in [0.2, 0.25) is 0 Å². The SMILES string of the molecule is CCNc1cc(Cl)c(C(F)(F)F)cc1[N+](=O)[O-]. The number of benzene rings is 1. The highest BCUT2D eigenvalue weighted by Crippen LogP contribution is 2.40. The van der Waals surface area contributed by atoms with Gasteiger partial charge in [-0.1, -0.05) is 11.6 Å². The van der Waals surface area contributed by atoms with Gasteiger partial charge in [-0.05, 0) is 13.0 Å². The summed E-state index contributed by atoms with van der Waals surface area (Å²) in [6.45, 7) is 2.00. The van der Waals surface area contributed by atoms with Crippen LogP contribution in [0, 0.1) is 10.1 Å². The van der Waals surface area contributed by atoms with Gasteiger partial charge in [0, 0.05) is 12.6 Å². The molecule has 0 amide bonds. The molecule has 0 aliphatic rings. The Morgan fingerprint density at radius 1 is 1.47 bits per heavy atom. The Morgan fingerprint density at radius 2 is 2.06 bits per heavy atom. The van der Waals surface area contributed by atoms with Crippen LogP contribution < -0.4 is 5.32 Å². The van der Waals surface area contributed by atoms with Gasteiger partial charge in [0.1, 0.15) is 5.69 Å². The first-order valence-electron chi connectivity index (χ1n) is 4.56. The number of alkyl halides is 3. The highest BCUT2D eigenvalue weighted by atomic mass is 35.5. The minimum atomic E-state index is -4.72. The highest BCUT2D eigenvalue weighted by Gasteiger charge is 2.36. The summed E-state index contributed by atoms with van der Waals surface area (Å²) in [7, 11) is 0. The summed E-state index contributed by atoms with van der Waals surface area (Å²) >= 11 is 5.44. The van der Waals surface area contributed by atoms with E-state index >= 15 is 0 Å². The summed E-state index contributed by atoms with van der Waals surface area (Å²) in [5, 5.41) is 12.7. The molecule has 0 bridgehead atoms. The zero-order chi connectivity index (χ0) is 13.2. The Labute approximate surface area is 99.5 Å². The number of anilines is 1. The molecule has 0 saturated heterocycles. The van der Waals surface area contributed by atoms with Crippen molar-refractivity contribution in [2.24, 2.45) is 0 Å². The van der Waals surface area contributed by atoms with Crippen molar-refractivity contribution in [1.29, 1.82) is 0 Å². The van der Waals surface area contributed by atoms with E-state index in [4.69, 9.17) is 11.6 Å². The van der Waals surface area contributed by atoms with E-state index in [2.05, 4.69) is 5.32 Å². The highest BCUT2D eigenvalue weighted by molar-refractivity contribution is 6.31. The number of nitrogens with zero attached hydrogens (tertiary/aromatic N) is 1. The van der Waals surface area contributed by atoms with E-state index in [9.17, 15) is 23.3 Å². The minimum Gasteiger partial charge on any atom is -0.380 e. The fourth-order valence-corrected chi connectivity index (χ4v) is 1.53. The van der Waals surface area contributed by atoms with Crippen LogP contribution >= 0.6 is 11.6 Å². The number of rotatable bonds is 3. The molecule has 17 heavy (non-hydrogen) atoms. The van der Waals surface area contributed by atoms with Crippen LogP contribution in [0.25, 0.3) is 0 Å². The minimum absolute atomic E-state index is 0.0319. The molecule has 0 unspecified atom stereocenters. The fourth-order valence-electron chi connectivity index (χ4n) is 1.26. The number of hydrogen-bond acceptors (Lipinski definition) is 3. The van der Waals surface area contributed by atoms with Gasteiger partial charge in [-0.3, -0.25) is 10.1 Å². The van der Waals surface area contributed by atoms with E-state index in [1.165, 1.54) is 0 Å². The molecule has 1 rings (SSSR count). The van der Waals surface area contributed by atoms with E-state index in [-0.39, 0.29) is 5.69 Å². The molecule has 0 aromatic heterocycles. The van der Waals surface area contributed by atoms with Crippen LogP contribution in [-0.2, 0) is 6.18 Å². The van der Waals surface area contributed by atoms with Gasteiger partial charge in [0.05, 0.1) is 15.5 Å². The Hall–Kier alpha value is -1.50. The Bertz CT molecular complexity index is 449. The summed E-state index contributed by atoms with van der Waals surface area (Å²) in [6, 6.07) is 1.34. The molecule has 4 nitrogen and oxygen atoms in total. The van der Waals surface area contributed by atoms with Crippen LogP contribution in [0.15, 0.2) is 12.1 Å². The topological polar surface area (TPSA) is 55.2 Å². The van der Waals surface area contributed by atoms with Gasteiger partial charge in [-0.2, -0.15) is 13.2 Å². The molecular weight excluding hydrogens is 261 g/mol. The number of halogens is 4. The van der Waals surface area contributed by atoms with Crippen LogP contribution in [0.1, 0.15) is 12.5 Å². The van der Waals surface area contributed by atoms with Gasteiger partial charge in [0.15, 0.2) is 0 Å². The number of nitro groups is 1. The lowest BCUT2D eigenvalue weighted by Gasteiger charge is -2.11. The second-order valence-corrected chi connectivity index (χ2v) is 3.54. The smallest absolute Gasteiger partial charge is 0.380 e. The lowest BCUT2D eigenvalue weighted by Crippen LogP contribution is -2.09. The zero-order valence-corrected chi connectivity index (χ0v) is 9.39. The standard InChI is InChI=1S/C9H8ClF3N2O2/c1-2-14-7-4-6(10)5(9(11,12)13)3-8(7)15(16)17/h3-4,14H,2H2,1H3. The van der Waals surface area contributed by atoms with Gasteiger partial charge in [-0.15, -0.1) is 0 Å². The Kier molecular flexibility index (Phi) is 3.82. The second-order valence-electron chi connectivity index (χ2n) is 3.13. The van der Waals surface area contributed by atoms with Crippen LogP contribution in [-0.4, -0.2) is 11.5 Å². The van der Waals surface area contributed by atoms with Crippen LogP contribution in [0.3, 0.4) is 0 Å². The molecular formula is C9H8ClF3N2O2. The third-order valence-electron chi connectivity index (χ3n) is 1.95. The zero-order valence-electron chi connectivity index (χ0n) is 8.64. The molecule has 0 aliphatic heterocycles. The van der Waals surface area contributed by atoms with Crippen molar-refractivity contribution in [2.75, 3.05) is 11.9 Å². The lowest BCUT2D eigenvalue weighted by molar-refractivity contribution is -0.384. The summed E-state index contributed by atoms with van der Waals surface area (Å²) in [5.74, 6) is 0. The lowest BCUT2D eigenvalue weighted by atomic mass is 10.1. The Balaban J connectivity index is 3.40. The van der Waals surface area contributed by atoms with E-state index in [0.717, 1.165) is 6.07 Å². The first-order valence-corrected chi connectivity index (χ1v) is 4.94. The molecule has 8 heteroatoms. The van der Waals surface area contributed by atoms with Crippen molar-refractivity contribution in [3.63, 3.8) is 0 Å². The quantitative estimate of drug-likeness (QED) is 0.672. The summed E-state index contributed by atoms with van der Waals surface area (Å²) in [5.41, 5.74) is -1.90. The molecule has 1 aromatic rings. The summed E-state index contributed by atoms with van der Waals surface area (Å²) in [4.78, 5) is 9.76. The van der Waals surface area contributed by atoms with Gasteiger partial charge >= 0.3 is 6.18 Å². The number of hydrogen-bond donors (Lipinski definition) is 1. The van der Waals surface area contributed by atoms with Crippen LogP contribution in [0.4, 0.5) is 24.5 Å². The predicted octanol–water partition coefficient (Wildman–Crippen LogP) is 3.70. The molecule has 0 spiro atoms. The molecule has 0 saturated carbocycles. The molecule has 0 heterocycles. The Morgan fingerprint density at radius 3 is 2.47 bits per heavy atom. The molecule has 0 radical (unpaired) electrons. The van der Waals surface area contributed by atoms with Crippen molar-refractivity contribution in [1.82, 2.24) is 0 Å². The molecule has 0 atom stereocenters. The molecule has 1 N–H and O–H groups in total. The van der Waals surface area contributed by atoms with E-state index in [0.29, 0.717) is 12.6 Å². The van der Waals surface area contributed by atoms with Gasteiger partial charge in [-0.25, -0.2) is 0 Å². The maximum atomic E-state index is 12.5. The van der Waals surface area contributed by atoms with Gasteiger partial charge < -0.3 is 5.32 Å². The third-order valence-corrected chi connectivity index (χ3v) is 2.27. The van der Waals surface area contributed by atoms with Crippen molar-refractivity contribution in [3.05, 3.63) is 32.8 Å². The average molecular weight is 269 g/mol. The predicted molar refractivity (Wildman–Crippen MR) is 57.3 cm³/mol. The van der Waals surface area contributed by atoms with Gasteiger partial charge in [0.25, 0.3) is 5.69 Å². The first-order chi connectivity index (χ1) is 7.77. The monoisotopic (exact) mass is 268 g/mol. The molecule has 0 fully saturated rings. The fraction of sp³-hybridized carbons (Fsp3) is 0.333. The van der Waals surface area contributed by atoms with E-state index in [1.807, 2.05) is 0 Å². The molecule has 1 aromatic carbocycles. The number of nitrogens with one attached hydrogen (secondary N) is 1.